The molecule has 8 rings (SSSR count). The Morgan fingerprint density at radius 2 is 1.00 bits per heavy atom. The Bertz CT molecular complexity index is 2180. The van der Waals surface area contributed by atoms with Crippen molar-refractivity contribution in [2.24, 2.45) is 0 Å². The molecule has 1 aliphatic carbocycles. The van der Waals surface area contributed by atoms with E-state index in [1.54, 1.807) is 0 Å². The van der Waals surface area contributed by atoms with Crippen LogP contribution < -0.4 is 0 Å². The van der Waals surface area contributed by atoms with Crippen LogP contribution in [-0.4, -0.2) is 9.97 Å². The van der Waals surface area contributed by atoms with Gasteiger partial charge in [0.25, 0.3) is 0 Å². The van der Waals surface area contributed by atoms with Gasteiger partial charge in [-0.3, -0.25) is 0 Å². The minimum absolute atomic E-state index is 0.508. The molecule has 210 valence electrons. The van der Waals surface area contributed by atoms with Crippen LogP contribution in [0.1, 0.15) is 27.8 Å². The van der Waals surface area contributed by atoms with Gasteiger partial charge in [0.1, 0.15) is 0 Å². The lowest BCUT2D eigenvalue weighted by molar-refractivity contribution is 0.768. The van der Waals surface area contributed by atoms with E-state index in [4.69, 9.17) is 9.97 Å². The highest BCUT2D eigenvalue weighted by molar-refractivity contribution is 5.94. The molecule has 0 bridgehead atoms. The van der Waals surface area contributed by atoms with Crippen LogP contribution >= 0.6 is 0 Å². The first-order valence-corrected chi connectivity index (χ1v) is 15.1. The van der Waals surface area contributed by atoms with Crippen molar-refractivity contribution < 1.29 is 0 Å². The fourth-order valence-corrected chi connectivity index (χ4v) is 6.90. The molecule has 0 radical (unpaired) electrons. The molecule has 0 N–H and O–H groups in total. The topological polar surface area (TPSA) is 49.6 Å². The van der Waals surface area contributed by atoms with Crippen molar-refractivity contribution in [3.05, 3.63) is 192 Å². The van der Waals surface area contributed by atoms with Crippen LogP contribution in [0.25, 0.3) is 45.0 Å². The average molecular weight is 574 g/mol. The molecule has 0 spiro atoms. The summed E-state index contributed by atoms with van der Waals surface area (Å²) in [6, 6.07) is 59.0. The summed E-state index contributed by atoms with van der Waals surface area (Å²) in [5, 5.41) is 9.63. The van der Waals surface area contributed by atoms with Gasteiger partial charge in [-0.15, -0.1) is 0 Å². The molecule has 0 aliphatic heterocycles. The van der Waals surface area contributed by atoms with E-state index in [-0.39, 0.29) is 0 Å². The molecule has 1 aliphatic rings. The molecule has 3 nitrogen and oxygen atoms in total. The molecule has 0 atom stereocenters. The monoisotopic (exact) mass is 573 g/mol. The maximum atomic E-state index is 9.63. The van der Waals surface area contributed by atoms with Crippen LogP contribution in [0.3, 0.4) is 0 Å². The molecule has 7 aromatic rings. The third kappa shape index (κ3) is 4.27. The minimum atomic E-state index is -0.508. The Balaban J connectivity index is 1.45. The fraction of sp³-hybridized carbons (Fsp3) is 0.0238. The predicted octanol–water partition coefficient (Wildman–Crippen LogP) is 9.71. The summed E-state index contributed by atoms with van der Waals surface area (Å²) in [4.78, 5) is 10.4. The molecule has 0 unspecified atom stereocenters. The Morgan fingerprint density at radius 3 is 1.69 bits per heavy atom. The summed E-state index contributed by atoms with van der Waals surface area (Å²) in [6.45, 7) is 0. The van der Waals surface area contributed by atoms with Crippen LogP contribution in [0.2, 0.25) is 0 Å². The summed E-state index contributed by atoms with van der Waals surface area (Å²) < 4.78 is 0. The predicted molar refractivity (Wildman–Crippen MR) is 180 cm³/mol. The van der Waals surface area contributed by atoms with E-state index in [0.29, 0.717) is 11.4 Å². The summed E-state index contributed by atoms with van der Waals surface area (Å²) in [5.74, 6) is 0.650. The van der Waals surface area contributed by atoms with E-state index >= 15 is 0 Å². The second kappa shape index (κ2) is 10.9. The number of nitriles is 1. The van der Waals surface area contributed by atoms with Gasteiger partial charge in [-0.05, 0) is 51.6 Å². The average Bonchev–Trinajstić information content (AvgIpc) is 3.44. The minimum Gasteiger partial charge on any atom is -0.228 e. The molecular weight excluding hydrogens is 546 g/mol. The number of rotatable bonds is 5. The first-order valence-electron chi connectivity index (χ1n) is 15.1. The van der Waals surface area contributed by atoms with Crippen molar-refractivity contribution >= 4 is 0 Å². The van der Waals surface area contributed by atoms with Crippen molar-refractivity contribution in [1.82, 2.24) is 9.97 Å². The molecule has 1 heterocycles. The normalized spacial score (nSPS) is 12.6. The van der Waals surface area contributed by atoms with Crippen LogP contribution in [0.5, 0.6) is 0 Å². The zero-order valence-corrected chi connectivity index (χ0v) is 24.4. The van der Waals surface area contributed by atoms with Crippen molar-refractivity contribution in [2.45, 2.75) is 5.41 Å². The Kier molecular flexibility index (Phi) is 6.40. The van der Waals surface area contributed by atoms with Gasteiger partial charge in [0.15, 0.2) is 5.82 Å². The molecule has 0 amide bonds. The lowest BCUT2D eigenvalue weighted by Gasteiger charge is -2.33. The molecule has 0 fully saturated rings. The van der Waals surface area contributed by atoms with Crippen LogP contribution in [-0.2, 0) is 5.41 Å². The van der Waals surface area contributed by atoms with Crippen LogP contribution in [0.15, 0.2) is 164 Å². The highest BCUT2D eigenvalue weighted by atomic mass is 14.9. The summed E-state index contributed by atoms with van der Waals surface area (Å²) in [7, 11) is 0. The molecule has 3 heteroatoms. The van der Waals surface area contributed by atoms with Gasteiger partial charge in [0.05, 0.1) is 28.4 Å². The lowest BCUT2D eigenvalue weighted by atomic mass is 9.67. The van der Waals surface area contributed by atoms with Crippen LogP contribution in [0.4, 0.5) is 0 Å². The van der Waals surface area contributed by atoms with Gasteiger partial charge in [-0.25, -0.2) is 9.97 Å². The van der Waals surface area contributed by atoms with Crippen molar-refractivity contribution in [1.29, 1.82) is 5.26 Å². The highest BCUT2D eigenvalue weighted by Gasteiger charge is 2.46. The zero-order chi connectivity index (χ0) is 30.2. The SMILES string of the molecule is N#Cc1cccc(-c2cc(-c3ccccc3)nc(-c3cccc4c3-c3ccccc3C4(c3ccccc3)c3ccccc3)n2)c1. The molecule has 1 aromatic heterocycles. The van der Waals surface area contributed by atoms with Crippen molar-refractivity contribution in [2.75, 3.05) is 0 Å². The quantitative estimate of drug-likeness (QED) is 0.206. The number of benzene rings is 6. The van der Waals surface area contributed by atoms with Gasteiger partial charge in [0, 0.05) is 16.7 Å². The Labute approximate surface area is 262 Å². The van der Waals surface area contributed by atoms with E-state index in [0.717, 1.165) is 33.6 Å². The largest absolute Gasteiger partial charge is 0.228 e. The standard InChI is InChI=1S/C42H27N3/c43-28-29-14-12-17-31(26-29)39-27-38(30-15-4-1-5-16-30)44-41(45-39)35-23-13-25-37-40(35)34-22-10-11-24-36(34)42(37,32-18-6-2-7-19-32)33-20-8-3-9-21-33/h1-27H. The number of fused-ring (bicyclic) bond motifs is 3. The van der Waals surface area contributed by atoms with Gasteiger partial charge in [-0.1, -0.05) is 146 Å². The maximum Gasteiger partial charge on any atom is 0.161 e. The smallest absolute Gasteiger partial charge is 0.161 e. The Hall–Kier alpha value is -6.11. The molecule has 45 heavy (non-hydrogen) atoms. The van der Waals surface area contributed by atoms with Gasteiger partial charge >= 0.3 is 0 Å². The number of nitrogens with zero attached hydrogens (tertiary/aromatic N) is 3. The molecule has 6 aromatic carbocycles. The summed E-state index contributed by atoms with van der Waals surface area (Å²) >= 11 is 0. The van der Waals surface area contributed by atoms with E-state index in [1.807, 2.05) is 48.5 Å². The summed E-state index contributed by atoms with van der Waals surface area (Å²) in [6.07, 6.45) is 0. The molecular formula is C42H27N3. The zero-order valence-electron chi connectivity index (χ0n) is 24.4. The summed E-state index contributed by atoms with van der Waals surface area (Å²) in [5.41, 5.74) is 11.8. The van der Waals surface area contributed by atoms with Crippen molar-refractivity contribution in [3.63, 3.8) is 0 Å². The van der Waals surface area contributed by atoms with E-state index < -0.39 is 5.41 Å². The van der Waals surface area contributed by atoms with E-state index in [1.165, 1.54) is 27.8 Å². The maximum absolute atomic E-state index is 9.63. The molecule has 0 saturated carbocycles. The van der Waals surface area contributed by atoms with Gasteiger partial charge in [0.2, 0.25) is 0 Å². The second-order valence-corrected chi connectivity index (χ2v) is 11.3. The number of hydrogen-bond acceptors (Lipinski definition) is 3. The first kappa shape index (κ1) is 26.5. The van der Waals surface area contributed by atoms with Crippen molar-refractivity contribution in [3.8, 4) is 51.1 Å². The first-order chi connectivity index (χ1) is 22.3. The number of aromatic nitrogens is 2. The van der Waals surface area contributed by atoms with Gasteiger partial charge in [-0.2, -0.15) is 5.26 Å². The highest BCUT2D eigenvalue weighted by Crippen LogP contribution is 2.58. The lowest BCUT2D eigenvalue weighted by Crippen LogP contribution is -2.28. The molecule has 0 saturated heterocycles. The fourth-order valence-electron chi connectivity index (χ4n) is 6.90. The second-order valence-electron chi connectivity index (χ2n) is 11.3. The van der Waals surface area contributed by atoms with Crippen LogP contribution in [0, 0.1) is 11.3 Å². The Morgan fingerprint density at radius 1 is 0.467 bits per heavy atom. The third-order valence-corrected chi connectivity index (χ3v) is 8.81. The van der Waals surface area contributed by atoms with E-state index in [9.17, 15) is 5.26 Å². The number of hydrogen-bond donors (Lipinski definition) is 0. The third-order valence-electron chi connectivity index (χ3n) is 8.81. The van der Waals surface area contributed by atoms with E-state index in [2.05, 4.69) is 121 Å². The van der Waals surface area contributed by atoms with Gasteiger partial charge < -0.3 is 0 Å².